The first-order chi connectivity index (χ1) is 7.59. The van der Waals surface area contributed by atoms with Gasteiger partial charge in [-0.25, -0.2) is 0 Å². The van der Waals surface area contributed by atoms with Crippen LogP contribution in [0.1, 0.15) is 20.8 Å². The molecule has 1 amide bonds. The topological polar surface area (TPSA) is 38.3 Å². The third-order valence-corrected chi connectivity index (χ3v) is 2.11. The molecule has 3 nitrogen and oxygen atoms in total. The Hall–Kier alpha value is -1.51. The number of benzene rings is 1. The first kappa shape index (κ1) is 12.6. The highest BCUT2D eigenvalue weighted by atomic mass is 16.5. The van der Waals surface area contributed by atoms with Crippen LogP contribution in [0.2, 0.25) is 0 Å². The van der Waals surface area contributed by atoms with E-state index in [0.717, 1.165) is 5.75 Å². The number of hydrogen-bond donors (Lipinski definition) is 1. The van der Waals surface area contributed by atoms with Crippen molar-refractivity contribution in [2.45, 2.75) is 26.9 Å². The van der Waals surface area contributed by atoms with Crippen molar-refractivity contribution < 1.29 is 9.53 Å². The van der Waals surface area contributed by atoms with Crippen LogP contribution >= 0.6 is 0 Å². The van der Waals surface area contributed by atoms with E-state index >= 15 is 0 Å². The Balaban J connectivity index is 2.40. The predicted molar refractivity (Wildman–Crippen MR) is 64.4 cm³/mol. The van der Waals surface area contributed by atoms with E-state index in [-0.39, 0.29) is 5.91 Å². The standard InChI is InChI=1S/C13H19NO2/c1-10(2)9-14-13(15)11(3)16-12-7-5-4-6-8-12/h4-8,10-11H,9H2,1-3H3,(H,14,15)/t11-/m1/s1. The maximum absolute atomic E-state index is 11.6. The lowest BCUT2D eigenvalue weighted by atomic mass is 10.2. The van der Waals surface area contributed by atoms with Gasteiger partial charge in [-0.15, -0.1) is 0 Å². The van der Waals surface area contributed by atoms with E-state index in [4.69, 9.17) is 4.74 Å². The quantitative estimate of drug-likeness (QED) is 0.828. The lowest BCUT2D eigenvalue weighted by molar-refractivity contribution is -0.127. The summed E-state index contributed by atoms with van der Waals surface area (Å²) in [7, 11) is 0. The van der Waals surface area contributed by atoms with Gasteiger partial charge in [-0.05, 0) is 25.0 Å². The number of rotatable bonds is 5. The minimum Gasteiger partial charge on any atom is -0.481 e. The van der Waals surface area contributed by atoms with Crippen LogP contribution < -0.4 is 10.1 Å². The van der Waals surface area contributed by atoms with E-state index in [2.05, 4.69) is 19.2 Å². The number of ether oxygens (including phenoxy) is 1. The molecular weight excluding hydrogens is 202 g/mol. The maximum Gasteiger partial charge on any atom is 0.260 e. The Morgan fingerprint density at radius 1 is 1.25 bits per heavy atom. The van der Waals surface area contributed by atoms with Crippen molar-refractivity contribution in [2.24, 2.45) is 5.92 Å². The van der Waals surface area contributed by atoms with Crippen molar-refractivity contribution in [1.29, 1.82) is 0 Å². The molecule has 1 rings (SSSR count). The van der Waals surface area contributed by atoms with Gasteiger partial charge in [0.1, 0.15) is 5.75 Å². The van der Waals surface area contributed by atoms with Gasteiger partial charge in [0.25, 0.3) is 5.91 Å². The Kier molecular flexibility index (Phi) is 4.83. The number of nitrogens with one attached hydrogen (secondary N) is 1. The van der Waals surface area contributed by atoms with Gasteiger partial charge >= 0.3 is 0 Å². The Morgan fingerprint density at radius 3 is 2.44 bits per heavy atom. The number of amides is 1. The van der Waals surface area contributed by atoms with Crippen LogP contribution in [-0.2, 0) is 4.79 Å². The van der Waals surface area contributed by atoms with E-state index in [1.807, 2.05) is 30.3 Å². The zero-order chi connectivity index (χ0) is 12.0. The molecule has 0 saturated heterocycles. The van der Waals surface area contributed by atoms with E-state index in [1.54, 1.807) is 6.92 Å². The molecule has 1 aromatic rings. The SMILES string of the molecule is CC(C)CNC(=O)[C@@H](C)Oc1ccccc1. The molecule has 0 aromatic heterocycles. The van der Waals surface area contributed by atoms with Crippen LogP contribution in [0.5, 0.6) is 5.75 Å². The smallest absolute Gasteiger partial charge is 0.260 e. The molecule has 0 fully saturated rings. The van der Waals surface area contributed by atoms with Gasteiger partial charge in [-0.1, -0.05) is 32.0 Å². The van der Waals surface area contributed by atoms with E-state index in [0.29, 0.717) is 12.5 Å². The number of para-hydroxylation sites is 1. The summed E-state index contributed by atoms with van der Waals surface area (Å²) in [4.78, 5) is 11.6. The second-order valence-electron chi connectivity index (χ2n) is 4.21. The molecule has 0 heterocycles. The molecule has 0 radical (unpaired) electrons. The van der Waals surface area contributed by atoms with Gasteiger partial charge in [0.15, 0.2) is 6.10 Å². The summed E-state index contributed by atoms with van der Waals surface area (Å²) in [6.07, 6.45) is -0.457. The summed E-state index contributed by atoms with van der Waals surface area (Å²) in [5, 5.41) is 2.84. The fourth-order valence-electron chi connectivity index (χ4n) is 1.21. The highest BCUT2D eigenvalue weighted by Gasteiger charge is 2.13. The second-order valence-corrected chi connectivity index (χ2v) is 4.21. The minimum absolute atomic E-state index is 0.0717. The average molecular weight is 221 g/mol. The molecule has 1 atom stereocenters. The van der Waals surface area contributed by atoms with Crippen LogP contribution in [0.3, 0.4) is 0 Å². The van der Waals surface area contributed by atoms with Crippen LogP contribution in [0, 0.1) is 5.92 Å². The second kappa shape index (κ2) is 6.16. The summed E-state index contributed by atoms with van der Waals surface area (Å²) in [5.74, 6) is 1.10. The first-order valence-corrected chi connectivity index (χ1v) is 5.59. The predicted octanol–water partition coefficient (Wildman–Crippen LogP) is 2.23. The molecule has 0 aliphatic rings. The number of carbonyl (C=O) groups is 1. The van der Waals surface area contributed by atoms with E-state index < -0.39 is 6.10 Å². The lowest BCUT2D eigenvalue weighted by Gasteiger charge is -2.15. The van der Waals surface area contributed by atoms with Gasteiger partial charge in [-0.2, -0.15) is 0 Å². The van der Waals surface area contributed by atoms with Crippen molar-refractivity contribution >= 4 is 5.91 Å². The average Bonchev–Trinajstić information content (AvgIpc) is 2.27. The molecule has 0 aliphatic carbocycles. The van der Waals surface area contributed by atoms with Gasteiger partial charge in [-0.3, -0.25) is 4.79 Å². The highest BCUT2D eigenvalue weighted by Crippen LogP contribution is 2.10. The van der Waals surface area contributed by atoms with Gasteiger partial charge < -0.3 is 10.1 Å². The van der Waals surface area contributed by atoms with Crippen molar-refractivity contribution in [3.05, 3.63) is 30.3 Å². The van der Waals surface area contributed by atoms with Crippen molar-refractivity contribution in [3.63, 3.8) is 0 Å². The van der Waals surface area contributed by atoms with Gasteiger partial charge in [0.2, 0.25) is 0 Å². The molecule has 0 unspecified atom stereocenters. The van der Waals surface area contributed by atoms with E-state index in [1.165, 1.54) is 0 Å². The van der Waals surface area contributed by atoms with Crippen molar-refractivity contribution in [2.75, 3.05) is 6.54 Å². The zero-order valence-corrected chi connectivity index (χ0v) is 10.1. The molecule has 0 saturated carbocycles. The summed E-state index contributed by atoms with van der Waals surface area (Å²) in [6.45, 7) is 6.55. The van der Waals surface area contributed by atoms with Gasteiger partial charge in [0.05, 0.1) is 0 Å². The third-order valence-electron chi connectivity index (χ3n) is 2.11. The lowest BCUT2D eigenvalue weighted by Crippen LogP contribution is -2.38. The summed E-state index contributed by atoms with van der Waals surface area (Å²) >= 11 is 0. The number of hydrogen-bond acceptors (Lipinski definition) is 2. The summed E-state index contributed by atoms with van der Waals surface area (Å²) in [5.41, 5.74) is 0. The molecular formula is C13H19NO2. The molecule has 1 N–H and O–H groups in total. The van der Waals surface area contributed by atoms with Crippen LogP contribution in [0.15, 0.2) is 30.3 Å². The van der Waals surface area contributed by atoms with Crippen LogP contribution in [-0.4, -0.2) is 18.6 Å². The molecule has 0 bridgehead atoms. The highest BCUT2D eigenvalue weighted by molar-refractivity contribution is 5.80. The first-order valence-electron chi connectivity index (χ1n) is 5.59. The molecule has 88 valence electrons. The monoisotopic (exact) mass is 221 g/mol. The Bertz CT molecular complexity index is 322. The van der Waals surface area contributed by atoms with Gasteiger partial charge in [0, 0.05) is 6.54 Å². The minimum atomic E-state index is -0.457. The third kappa shape index (κ3) is 4.34. The van der Waals surface area contributed by atoms with Crippen molar-refractivity contribution in [1.82, 2.24) is 5.32 Å². The van der Waals surface area contributed by atoms with Crippen molar-refractivity contribution in [3.8, 4) is 5.75 Å². The maximum atomic E-state index is 11.6. The normalized spacial score (nSPS) is 12.2. The molecule has 0 aliphatic heterocycles. The molecule has 0 spiro atoms. The zero-order valence-electron chi connectivity index (χ0n) is 10.1. The fourth-order valence-corrected chi connectivity index (χ4v) is 1.21. The largest absolute Gasteiger partial charge is 0.481 e. The molecule has 16 heavy (non-hydrogen) atoms. The van der Waals surface area contributed by atoms with Crippen LogP contribution in [0.25, 0.3) is 0 Å². The molecule has 1 aromatic carbocycles. The summed E-state index contributed by atoms with van der Waals surface area (Å²) in [6, 6.07) is 9.36. The number of carbonyl (C=O) groups excluding carboxylic acids is 1. The van der Waals surface area contributed by atoms with Crippen LogP contribution in [0.4, 0.5) is 0 Å². The Morgan fingerprint density at radius 2 is 1.88 bits per heavy atom. The van der Waals surface area contributed by atoms with E-state index in [9.17, 15) is 4.79 Å². The summed E-state index contributed by atoms with van der Waals surface area (Å²) < 4.78 is 5.50. The fraction of sp³-hybridized carbons (Fsp3) is 0.462. The molecule has 3 heteroatoms. The Labute approximate surface area is 96.8 Å².